The second-order valence-electron chi connectivity index (χ2n) is 9.13. The van der Waals surface area contributed by atoms with E-state index >= 15 is 0 Å². The molecule has 0 unspecified atom stereocenters. The Balaban J connectivity index is 1.36. The van der Waals surface area contributed by atoms with Gasteiger partial charge in [-0.1, -0.05) is 31.7 Å². The van der Waals surface area contributed by atoms with Gasteiger partial charge < -0.3 is 10.3 Å². The molecule has 1 aliphatic rings. The highest BCUT2D eigenvalue weighted by atomic mass is 19.4. The van der Waals surface area contributed by atoms with Gasteiger partial charge in [-0.2, -0.15) is 18.4 Å². The van der Waals surface area contributed by atoms with E-state index in [9.17, 15) is 18.4 Å². The number of aromatic amines is 1. The van der Waals surface area contributed by atoms with Gasteiger partial charge in [0.1, 0.15) is 0 Å². The van der Waals surface area contributed by atoms with Crippen LogP contribution in [0, 0.1) is 22.7 Å². The number of nitriles is 1. The molecule has 0 amide bonds. The predicted octanol–water partition coefficient (Wildman–Crippen LogP) is 7.62. The summed E-state index contributed by atoms with van der Waals surface area (Å²) in [6, 6.07) is 14.2. The second-order valence-corrected chi connectivity index (χ2v) is 9.13. The molecule has 2 aromatic carbocycles. The number of aromatic nitrogens is 1. The Labute approximate surface area is 192 Å². The molecular formula is C27H28F3N3. The number of halogens is 3. The number of benzene rings is 2. The van der Waals surface area contributed by atoms with Gasteiger partial charge in [-0.05, 0) is 73.9 Å². The summed E-state index contributed by atoms with van der Waals surface area (Å²) in [7, 11) is 0. The fourth-order valence-electron chi connectivity index (χ4n) is 4.65. The largest absolute Gasteiger partial charge is 0.416 e. The number of nitrogens with zero attached hydrogens (tertiary/aromatic N) is 1. The van der Waals surface area contributed by atoms with Crippen molar-refractivity contribution in [1.82, 2.24) is 4.98 Å². The van der Waals surface area contributed by atoms with Gasteiger partial charge in [0.25, 0.3) is 0 Å². The number of hydrogen-bond acceptors (Lipinski definition) is 2. The van der Waals surface area contributed by atoms with Crippen molar-refractivity contribution in [3.8, 4) is 6.07 Å². The van der Waals surface area contributed by atoms with Crippen LogP contribution >= 0.6 is 0 Å². The van der Waals surface area contributed by atoms with Gasteiger partial charge in [0.05, 0.1) is 22.7 Å². The Bertz CT molecular complexity index is 1180. The number of nitrogens with one attached hydrogen (secondary N) is 2. The Morgan fingerprint density at radius 3 is 2.45 bits per heavy atom. The first-order chi connectivity index (χ1) is 15.7. The zero-order valence-electron chi connectivity index (χ0n) is 18.7. The van der Waals surface area contributed by atoms with Crippen LogP contribution in [0.4, 0.5) is 18.9 Å². The van der Waals surface area contributed by atoms with Crippen LogP contribution in [0.25, 0.3) is 10.9 Å². The molecule has 0 radical (unpaired) electrons. The highest BCUT2D eigenvalue weighted by Crippen LogP contribution is 2.50. The van der Waals surface area contributed by atoms with Crippen LogP contribution in [0.5, 0.6) is 0 Å². The van der Waals surface area contributed by atoms with Crippen molar-refractivity contribution in [3.05, 3.63) is 77.6 Å². The Hall–Kier alpha value is -3.20. The lowest BCUT2D eigenvalue weighted by Crippen LogP contribution is -2.37. The number of anilines is 1. The van der Waals surface area contributed by atoms with Crippen molar-refractivity contribution in [3.63, 3.8) is 0 Å². The fraction of sp³-hybridized carbons (Fsp3) is 0.370. The third kappa shape index (κ3) is 4.93. The smallest absolute Gasteiger partial charge is 0.359 e. The Morgan fingerprint density at radius 2 is 1.82 bits per heavy atom. The summed E-state index contributed by atoms with van der Waals surface area (Å²) in [5, 5.41) is 13.9. The maximum absolute atomic E-state index is 12.7. The zero-order valence-corrected chi connectivity index (χ0v) is 18.7. The van der Waals surface area contributed by atoms with Gasteiger partial charge in [0.15, 0.2) is 0 Å². The van der Waals surface area contributed by atoms with E-state index in [1.807, 2.05) is 6.20 Å². The van der Waals surface area contributed by atoms with E-state index in [1.54, 1.807) is 12.1 Å². The van der Waals surface area contributed by atoms with E-state index in [1.165, 1.54) is 5.56 Å². The van der Waals surface area contributed by atoms with Gasteiger partial charge in [-0.3, -0.25) is 0 Å². The lowest BCUT2D eigenvalue weighted by molar-refractivity contribution is -0.137. The Kier molecular flexibility index (Phi) is 6.25. The van der Waals surface area contributed by atoms with Crippen LogP contribution in [0.1, 0.15) is 49.3 Å². The van der Waals surface area contributed by atoms with Crippen molar-refractivity contribution >= 4 is 16.6 Å². The highest BCUT2D eigenvalue weighted by molar-refractivity contribution is 5.93. The molecule has 1 fully saturated rings. The summed E-state index contributed by atoms with van der Waals surface area (Å²) < 4.78 is 38.1. The summed E-state index contributed by atoms with van der Waals surface area (Å²) >= 11 is 0. The average molecular weight is 452 g/mol. The quantitative estimate of drug-likeness (QED) is 0.370. The highest BCUT2D eigenvalue weighted by Gasteiger charge is 2.44. The van der Waals surface area contributed by atoms with Crippen LogP contribution < -0.4 is 5.32 Å². The first-order valence-electron chi connectivity index (χ1n) is 11.4. The number of alkyl halides is 3. The average Bonchev–Trinajstić information content (AvgIpc) is 3.15. The van der Waals surface area contributed by atoms with Crippen molar-refractivity contribution in [2.75, 3.05) is 5.32 Å². The van der Waals surface area contributed by atoms with Gasteiger partial charge >= 0.3 is 6.18 Å². The molecule has 0 spiro atoms. The van der Waals surface area contributed by atoms with Gasteiger partial charge in [-0.25, -0.2) is 0 Å². The number of hydrogen-bond donors (Lipinski definition) is 2. The number of rotatable bonds is 8. The monoisotopic (exact) mass is 451 g/mol. The lowest BCUT2D eigenvalue weighted by atomic mass is 9.60. The molecule has 1 saturated carbocycles. The summed E-state index contributed by atoms with van der Waals surface area (Å²) in [6.07, 6.45) is 2.64. The lowest BCUT2D eigenvalue weighted by Gasteiger charge is -2.43. The van der Waals surface area contributed by atoms with Gasteiger partial charge in [0.2, 0.25) is 0 Å². The van der Waals surface area contributed by atoms with E-state index in [0.29, 0.717) is 5.92 Å². The molecule has 1 heterocycles. The normalized spacial score (nSPS) is 20.3. The molecular weight excluding hydrogens is 423 g/mol. The van der Waals surface area contributed by atoms with E-state index in [-0.39, 0.29) is 5.41 Å². The molecule has 2 N–H and O–H groups in total. The molecule has 0 atom stereocenters. The van der Waals surface area contributed by atoms with Crippen LogP contribution in [-0.4, -0.2) is 4.98 Å². The minimum absolute atomic E-state index is 0.199. The molecule has 0 aliphatic heterocycles. The van der Waals surface area contributed by atoms with Crippen LogP contribution in [-0.2, 0) is 19.0 Å². The van der Waals surface area contributed by atoms with Crippen molar-refractivity contribution < 1.29 is 13.2 Å². The molecule has 6 heteroatoms. The van der Waals surface area contributed by atoms with E-state index in [4.69, 9.17) is 0 Å². The van der Waals surface area contributed by atoms with Crippen LogP contribution in [0.2, 0.25) is 0 Å². The SMILES string of the molecule is C=C(Nc1c[nH]c2ccc(CCCc3ccc(C(F)(F)F)cc3)cc12)C1CC(C#N)(CC)C1. The standard InChI is InChI=1S/C27H28F3N3/c1-3-26(17-31)14-21(15-26)18(2)33-25-16-32-24-12-9-20(13-23(24)25)6-4-5-19-7-10-22(11-8-19)27(28,29)30/h7-13,16,21,32-33H,2-6,14-15H2,1H3. The molecule has 4 rings (SSSR count). The fourth-order valence-corrected chi connectivity index (χ4v) is 4.65. The maximum Gasteiger partial charge on any atom is 0.416 e. The number of allylic oxidation sites excluding steroid dienone is 1. The number of aryl methyl sites for hydroxylation is 2. The molecule has 172 valence electrons. The number of H-pyrrole nitrogens is 1. The number of fused-ring (bicyclic) bond motifs is 1. The minimum Gasteiger partial charge on any atom is -0.359 e. The third-order valence-corrected chi connectivity index (χ3v) is 6.93. The molecule has 1 aromatic heterocycles. The summed E-state index contributed by atoms with van der Waals surface area (Å²) in [4.78, 5) is 3.29. The summed E-state index contributed by atoms with van der Waals surface area (Å²) in [5.74, 6) is 0.307. The Morgan fingerprint density at radius 1 is 1.15 bits per heavy atom. The molecule has 3 nitrogen and oxygen atoms in total. The van der Waals surface area contributed by atoms with E-state index in [0.717, 1.165) is 78.5 Å². The van der Waals surface area contributed by atoms with Crippen molar-refractivity contribution in [2.45, 2.75) is 51.6 Å². The summed E-state index contributed by atoms with van der Waals surface area (Å²) in [5.41, 5.74) is 4.24. The zero-order chi connectivity index (χ0) is 23.6. The molecule has 0 saturated heterocycles. The van der Waals surface area contributed by atoms with Crippen molar-refractivity contribution in [2.24, 2.45) is 11.3 Å². The maximum atomic E-state index is 12.7. The minimum atomic E-state index is -4.30. The van der Waals surface area contributed by atoms with Crippen molar-refractivity contribution in [1.29, 1.82) is 5.26 Å². The second kappa shape index (κ2) is 8.97. The van der Waals surface area contributed by atoms with Crippen LogP contribution in [0.15, 0.2) is 60.9 Å². The molecule has 33 heavy (non-hydrogen) atoms. The molecule has 0 bridgehead atoms. The van der Waals surface area contributed by atoms with Gasteiger partial charge in [0, 0.05) is 28.7 Å². The topological polar surface area (TPSA) is 51.6 Å². The van der Waals surface area contributed by atoms with E-state index < -0.39 is 11.7 Å². The van der Waals surface area contributed by atoms with Crippen LogP contribution in [0.3, 0.4) is 0 Å². The third-order valence-electron chi connectivity index (χ3n) is 6.93. The molecule has 3 aromatic rings. The van der Waals surface area contributed by atoms with Gasteiger partial charge in [-0.15, -0.1) is 0 Å². The van der Waals surface area contributed by atoms with E-state index in [2.05, 4.69) is 48.1 Å². The summed E-state index contributed by atoms with van der Waals surface area (Å²) in [6.45, 7) is 6.28. The molecule has 1 aliphatic carbocycles. The first-order valence-corrected chi connectivity index (χ1v) is 11.4. The predicted molar refractivity (Wildman–Crippen MR) is 126 cm³/mol. The first kappa shape index (κ1) is 23.0.